The number of aromatic nitrogens is 2. The lowest BCUT2D eigenvalue weighted by Crippen LogP contribution is -2.39. The van der Waals surface area contributed by atoms with Gasteiger partial charge in [-0.3, -0.25) is 4.90 Å². The number of anilines is 2. The van der Waals surface area contributed by atoms with Crippen LogP contribution in [-0.4, -0.2) is 54.1 Å². The summed E-state index contributed by atoms with van der Waals surface area (Å²) in [5.41, 5.74) is 0. The largest absolute Gasteiger partial charge is 0.370 e. The van der Waals surface area contributed by atoms with E-state index in [-0.39, 0.29) is 0 Å². The molecule has 1 unspecified atom stereocenters. The lowest BCUT2D eigenvalue weighted by molar-refractivity contribution is 0.270. The Bertz CT molecular complexity index is 434. The van der Waals surface area contributed by atoms with Crippen LogP contribution in [-0.2, 0) is 0 Å². The maximum Gasteiger partial charge on any atom is 0.134 e. The monoisotopic (exact) mass is 277 g/mol. The Morgan fingerprint density at radius 2 is 2.20 bits per heavy atom. The zero-order valence-corrected chi connectivity index (χ0v) is 13.2. The highest BCUT2D eigenvalue weighted by molar-refractivity contribution is 5.49. The van der Waals surface area contributed by atoms with Crippen molar-refractivity contribution < 1.29 is 0 Å². The van der Waals surface area contributed by atoms with E-state index < -0.39 is 0 Å². The highest BCUT2D eigenvalue weighted by Crippen LogP contribution is 2.20. The normalized spacial score (nSPS) is 19.3. The predicted octanol–water partition coefficient (Wildman–Crippen LogP) is 2.14. The SMILES string of the molecule is CCNc1cc(N(C)CC2CCCN2CC)nc(C)n1. The van der Waals surface area contributed by atoms with Crippen molar-refractivity contribution in [2.24, 2.45) is 0 Å². The predicted molar refractivity (Wildman–Crippen MR) is 84.5 cm³/mol. The molecule has 112 valence electrons. The molecule has 0 radical (unpaired) electrons. The summed E-state index contributed by atoms with van der Waals surface area (Å²) in [7, 11) is 2.13. The van der Waals surface area contributed by atoms with Gasteiger partial charge in [0.25, 0.3) is 0 Å². The fraction of sp³-hybridized carbons (Fsp3) is 0.733. The first-order valence-corrected chi connectivity index (χ1v) is 7.68. The third kappa shape index (κ3) is 3.60. The van der Waals surface area contributed by atoms with E-state index in [1.807, 2.05) is 13.0 Å². The Hall–Kier alpha value is -1.36. The number of hydrogen-bond acceptors (Lipinski definition) is 5. The van der Waals surface area contributed by atoms with Crippen LogP contribution in [0.25, 0.3) is 0 Å². The molecular formula is C15H27N5. The van der Waals surface area contributed by atoms with Gasteiger partial charge in [-0.15, -0.1) is 0 Å². The maximum atomic E-state index is 4.57. The van der Waals surface area contributed by atoms with Crippen LogP contribution in [0.4, 0.5) is 11.6 Å². The number of nitrogens with one attached hydrogen (secondary N) is 1. The van der Waals surface area contributed by atoms with Crippen molar-refractivity contribution in [3.05, 3.63) is 11.9 Å². The molecule has 0 bridgehead atoms. The molecule has 2 heterocycles. The lowest BCUT2D eigenvalue weighted by atomic mass is 10.2. The second kappa shape index (κ2) is 6.88. The van der Waals surface area contributed by atoms with Gasteiger partial charge in [0.15, 0.2) is 0 Å². The van der Waals surface area contributed by atoms with Gasteiger partial charge in [-0.1, -0.05) is 6.92 Å². The van der Waals surface area contributed by atoms with E-state index in [4.69, 9.17) is 0 Å². The van der Waals surface area contributed by atoms with Crippen LogP contribution in [0.1, 0.15) is 32.5 Å². The van der Waals surface area contributed by atoms with E-state index in [9.17, 15) is 0 Å². The number of likely N-dealkylation sites (N-methyl/N-ethyl adjacent to an activating group) is 2. The van der Waals surface area contributed by atoms with Crippen LogP contribution < -0.4 is 10.2 Å². The van der Waals surface area contributed by atoms with Crippen LogP contribution in [0.15, 0.2) is 6.07 Å². The first-order valence-electron chi connectivity index (χ1n) is 7.68. The van der Waals surface area contributed by atoms with Crippen molar-refractivity contribution in [1.29, 1.82) is 0 Å². The average Bonchev–Trinajstić information content (AvgIpc) is 2.85. The minimum Gasteiger partial charge on any atom is -0.370 e. The third-order valence-electron chi connectivity index (χ3n) is 3.96. The molecule has 1 aromatic rings. The van der Waals surface area contributed by atoms with Crippen LogP contribution in [0.5, 0.6) is 0 Å². The second-order valence-corrected chi connectivity index (χ2v) is 5.49. The van der Waals surface area contributed by atoms with E-state index in [0.717, 1.165) is 37.1 Å². The highest BCUT2D eigenvalue weighted by atomic mass is 15.2. The molecule has 1 aliphatic heterocycles. The summed E-state index contributed by atoms with van der Waals surface area (Å²) in [6.45, 7) is 10.6. The van der Waals surface area contributed by atoms with Crippen LogP contribution in [0.3, 0.4) is 0 Å². The van der Waals surface area contributed by atoms with Crippen molar-refractivity contribution in [1.82, 2.24) is 14.9 Å². The molecule has 5 nitrogen and oxygen atoms in total. The second-order valence-electron chi connectivity index (χ2n) is 5.49. The summed E-state index contributed by atoms with van der Waals surface area (Å²) >= 11 is 0. The first kappa shape index (κ1) is 15.0. The Balaban J connectivity index is 2.06. The molecule has 0 amide bonds. The highest BCUT2D eigenvalue weighted by Gasteiger charge is 2.24. The molecule has 0 saturated carbocycles. The average molecular weight is 277 g/mol. The summed E-state index contributed by atoms with van der Waals surface area (Å²) in [5.74, 6) is 2.75. The standard InChI is InChI=1S/C15H27N5/c1-5-16-14-10-15(18-12(3)17-14)19(4)11-13-8-7-9-20(13)6-2/h10,13H,5-9,11H2,1-4H3,(H,16,17,18). The van der Waals surface area contributed by atoms with Crippen molar-refractivity contribution >= 4 is 11.6 Å². The summed E-state index contributed by atoms with van der Waals surface area (Å²) < 4.78 is 0. The molecule has 1 N–H and O–H groups in total. The van der Waals surface area contributed by atoms with Crippen LogP contribution in [0.2, 0.25) is 0 Å². The van der Waals surface area contributed by atoms with Crippen molar-refractivity contribution in [2.75, 3.05) is 43.4 Å². The Kier molecular flexibility index (Phi) is 5.17. The molecule has 1 aliphatic rings. The van der Waals surface area contributed by atoms with Crippen molar-refractivity contribution in [3.8, 4) is 0 Å². The molecule has 0 spiro atoms. The van der Waals surface area contributed by atoms with Gasteiger partial charge >= 0.3 is 0 Å². The fourth-order valence-corrected chi connectivity index (χ4v) is 2.95. The topological polar surface area (TPSA) is 44.3 Å². The zero-order valence-electron chi connectivity index (χ0n) is 13.2. The molecule has 0 aliphatic carbocycles. The van der Waals surface area contributed by atoms with Gasteiger partial charge in [0.2, 0.25) is 0 Å². The van der Waals surface area contributed by atoms with Crippen molar-refractivity contribution in [3.63, 3.8) is 0 Å². The molecule has 1 saturated heterocycles. The quantitative estimate of drug-likeness (QED) is 0.863. The van der Waals surface area contributed by atoms with Crippen molar-refractivity contribution in [2.45, 2.75) is 39.7 Å². The summed E-state index contributed by atoms with van der Waals surface area (Å²) in [5, 5.41) is 3.27. The molecule has 20 heavy (non-hydrogen) atoms. The molecular weight excluding hydrogens is 250 g/mol. The first-order chi connectivity index (χ1) is 9.63. The molecule has 1 aromatic heterocycles. The van der Waals surface area contributed by atoms with Gasteiger partial charge in [-0.25, -0.2) is 9.97 Å². The number of aryl methyl sites for hydroxylation is 1. The van der Waals surface area contributed by atoms with Gasteiger partial charge in [-0.05, 0) is 39.8 Å². The van der Waals surface area contributed by atoms with E-state index in [1.165, 1.54) is 19.4 Å². The summed E-state index contributed by atoms with van der Waals surface area (Å²) in [4.78, 5) is 13.8. The summed E-state index contributed by atoms with van der Waals surface area (Å²) in [6, 6.07) is 2.70. The van der Waals surface area contributed by atoms with Gasteiger partial charge in [0.05, 0.1) is 0 Å². The van der Waals surface area contributed by atoms with E-state index in [2.05, 4.69) is 46.0 Å². The number of hydrogen-bond donors (Lipinski definition) is 1. The number of rotatable bonds is 6. The zero-order chi connectivity index (χ0) is 14.5. The lowest BCUT2D eigenvalue weighted by Gasteiger charge is -2.28. The Morgan fingerprint density at radius 3 is 2.90 bits per heavy atom. The fourth-order valence-electron chi connectivity index (χ4n) is 2.95. The Morgan fingerprint density at radius 1 is 1.40 bits per heavy atom. The van der Waals surface area contributed by atoms with Crippen LogP contribution >= 0.6 is 0 Å². The van der Waals surface area contributed by atoms with Gasteiger partial charge in [-0.2, -0.15) is 0 Å². The minimum absolute atomic E-state index is 0.655. The van der Waals surface area contributed by atoms with Crippen LogP contribution in [0, 0.1) is 6.92 Å². The minimum atomic E-state index is 0.655. The molecule has 1 fully saturated rings. The van der Waals surface area contributed by atoms with Gasteiger partial charge in [0.1, 0.15) is 17.5 Å². The summed E-state index contributed by atoms with van der Waals surface area (Å²) in [6.07, 6.45) is 2.61. The Labute approximate surface area is 122 Å². The molecule has 1 atom stereocenters. The van der Waals surface area contributed by atoms with E-state index >= 15 is 0 Å². The smallest absolute Gasteiger partial charge is 0.134 e. The van der Waals surface area contributed by atoms with E-state index in [0.29, 0.717) is 6.04 Å². The van der Waals surface area contributed by atoms with Gasteiger partial charge in [0, 0.05) is 32.2 Å². The number of nitrogens with zero attached hydrogens (tertiary/aromatic N) is 4. The molecule has 5 heteroatoms. The maximum absolute atomic E-state index is 4.57. The molecule has 2 rings (SSSR count). The molecule has 0 aromatic carbocycles. The van der Waals surface area contributed by atoms with E-state index in [1.54, 1.807) is 0 Å². The number of likely N-dealkylation sites (tertiary alicyclic amines) is 1. The third-order valence-corrected chi connectivity index (χ3v) is 3.96. The van der Waals surface area contributed by atoms with Gasteiger partial charge < -0.3 is 10.2 Å².